The quantitative estimate of drug-likeness (QED) is 0.734. The molecule has 0 atom stereocenters. The lowest BCUT2D eigenvalue weighted by Crippen LogP contribution is -2.25. The van der Waals surface area contributed by atoms with Gasteiger partial charge in [-0.2, -0.15) is 0 Å². The zero-order valence-electron chi connectivity index (χ0n) is 14.8. The first-order chi connectivity index (χ1) is 12.7. The summed E-state index contributed by atoms with van der Waals surface area (Å²) < 4.78 is 0. The monoisotopic (exact) mass is 343 g/mol. The predicted molar refractivity (Wildman–Crippen MR) is 105 cm³/mol. The summed E-state index contributed by atoms with van der Waals surface area (Å²) in [6.07, 6.45) is 6.06. The van der Waals surface area contributed by atoms with Crippen molar-refractivity contribution < 1.29 is 4.79 Å². The van der Waals surface area contributed by atoms with Gasteiger partial charge < -0.3 is 5.32 Å². The Labute approximate surface area is 153 Å². The number of nitrogens with one attached hydrogen (secondary N) is 1. The number of hydrogen-bond donors (Lipinski definition) is 1. The Hall–Kier alpha value is -3.27. The van der Waals surface area contributed by atoms with E-state index in [0.717, 1.165) is 34.5 Å². The van der Waals surface area contributed by atoms with Crippen molar-refractivity contribution in [3.05, 3.63) is 89.8 Å². The van der Waals surface area contributed by atoms with E-state index in [-0.39, 0.29) is 5.91 Å². The minimum atomic E-state index is -0.0738. The molecule has 0 unspecified atom stereocenters. The van der Waals surface area contributed by atoms with Crippen molar-refractivity contribution in [1.29, 1.82) is 0 Å². The van der Waals surface area contributed by atoms with Crippen LogP contribution in [0.2, 0.25) is 0 Å². The molecule has 3 aromatic rings. The second-order valence-electron chi connectivity index (χ2n) is 6.10. The number of pyridine rings is 2. The maximum absolute atomic E-state index is 12.2. The first-order valence-corrected chi connectivity index (χ1v) is 8.54. The molecule has 0 fully saturated rings. The zero-order valence-corrected chi connectivity index (χ0v) is 14.8. The van der Waals surface area contributed by atoms with Crippen LogP contribution >= 0.6 is 0 Å². The van der Waals surface area contributed by atoms with Crippen molar-refractivity contribution in [2.24, 2.45) is 0 Å². The fourth-order valence-corrected chi connectivity index (χ4v) is 2.64. The van der Waals surface area contributed by atoms with E-state index in [9.17, 15) is 4.79 Å². The summed E-state index contributed by atoms with van der Waals surface area (Å²) in [5, 5.41) is 2.95. The van der Waals surface area contributed by atoms with Gasteiger partial charge in [-0.3, -0.25) is 14.8 Å². The van der Waals surface area contributed by atoms with Crippen LogP contribution in [0.1, 0.15) is 27.0 Å². The topological polar surface area (TPSA) is 54.9 Å². The van der Waals surface area contributed by atoms with Gasteiger partial charge in [-0.1, -0.05) is 24.8 Å². The Balaban J connectivity index is 1.60. The van der Waals surface area contributed by atoms with E-state index in [1.165, 1.54) is 0 Å². The molecule has 2 heterocycles. The minimum Gasteiger partial charge on any atom is -0.352 e. The van der Waals surface area contributed by atoms with Gasteiger partial charge in [-0.25, -0.2) is 0 Å². The average molecular weight is 343 g/mol. The molecule has 4 heteroatoms. The van der Waals surface area contributed by atoms with E-state index in [4.69, 9.17) is 0 Å². The highest BCUT2D eigenvalue weighted by atomic mass is 16.1. The molecule has 0 saturated heterocycles. The van der Waals surface area contributed by atoms with Crippen LogP contribution in [-0.4, -0.2) is 22.4 Å². The number of nitrogens with zero attached hydrogens (tertiary/aromatic N) is 2. The van der Waals surface area contributed by atoms with E-state index in [0.29, 0.717) is 12.1 Å². The van der Waals surface area contributed by atoms with E-state index < -0.39 is 0 Å². The third-order valence-electron chi connectivity index (χ3n) is 4.11. The highest BCUT2D eigenvalue weighted by Gasteiger charge is 2.06. The highest BCUT2D eigenvalue weighted by molar-refractivity contribution is 5.94. The Morgan fingerprint density at radius 3 is 2.42 bits per heavy atom. The number of benzene rings is 1. The fraction of sp³-hybridized carbons (Fsp3) is 0.136. The molecular weight excluding hydrogens is 322 g/mol. The molecule has 4 nitrogen and oxygen atoms in total. The Bertz CT molecular complexity index is 917. The van der Waals surface area contributed by atoms with Crippen LogP contribution in [0, 0.1) is 6.92 Å². The highest BCUT2D eigenvalue weighted by Crippen LogP contribution is 2.16. The van der Waals surface area contributed by atoms with Gasteiger partial charge in [0.05, 0.1) is 11.4 Å². The molecule has 0 radical (unpaired) electrons. The van der Waals surface area contributed by atoms with Crippen molar-refractivity contribution in [1.82, 2.24) is 15.3 Å². The van der Waals surface area contributed by atoms with Crippen molar-refractivity contribution in [3.8, 4) is 11.4 Å². The smallest absolute Gasteiger partial charge is 0.251 e. The SMILES string of the molecule is C=Cc1ccc(C(=O)NCCc2ccnc(-c3cc(C)ccn3)c2)cc1. The number of aryl methyl sites for hydroxylation is 1. The number of rotatable bonds is 6. The molecule has 0 spiro atoms. The Morgan fingerprint density at radius 1 is 1.04 bits per heavy atom. The average Bonchev–Trinajstić information content (AvgIpc) is 2.68. The van der Waals surface area contributed by atoms with E-state index in [1.807, 2.05) is 43.3 Å². The molecule has 0 saturated carbocycles. The first-order valence-electron chi connectivity index (χ1n) is 8.54. The van der Waals surface area contributed by atoms with Crippen molar-refractivity contribution in [2.75, 3.05) is 6.54 Å². The van der Waals surface area contributed by atoms with Crippen LogP contribution in [0.15, 0.2) is 67.5 Å². The second kappa shape index (κ2) is 8.21. The fourth-order valence-electron chi connectivity index (χ4n) is 2.64. The number of carbonyl (C=O) groups is 1. The molecule has 3 rings (SSSR count). The summed E-state index contributed by atoms with van der Waals surface area (Å²) in [6.45, 7) is 6.31. The van der Waals surface area contributed by atoms with Crippen molar-refractivity contribution >= 4 is 12.0 Å². The Morgan fingerprint density at radius 2 is 1.73 bits per heavy atom. The van der Waals surface area contributed by atoms with Gasteiger partial charge in [0, 0.05) is 24.5 Å². The van der Waals surface area contributed by atoms with Gasteiger partial charge in [-0.15, -0.1) is 0 Å². The van der Waals surface area contributed by atoms with Gasteiger partial charge in [0.15, 0.2) is 0 Å². The second-order valence-corrected chi connectivity index (χ2v) is 6.10. The summed E-state index contributed by atoms with van der Waals surface area (Å²) in [4.78, 5) is 21.0. The number of carbonyl (C=O) groups excluding carboxylic acids is 1. The summed E-state index contributed by atoms with van der Waals surface area (Å²) >= 11 is 0. The number of hydrogen-bond acceptors (Lipinski definition) is 3. The maximum atomic E-state index is 12.2. The van der Waals surface area contributed by atoms with Gasteiger partial charge in [0.1, 0.15) is 0 Å². The first kappa shape index (κ1) is 17.5. The third kappa shape index (κ3) is 4.42. The van der Waals surface area contributed by atoms with Crippen LogP contribution in [0.3, 0.4) is 0 Å². The van der Waals surface area contributed by atoms with Crippen LogP contribution in [-0.2, 0) is 6.42 Å². The van der Waals surface area contributed by atoms with Gasteiger partial charge in [-0.05, 0) is 66.4 Å². The summed E-state index contributed by atoms with van der Waals surface area (Å²) in [6, 6.07) is 15.3. The normalized spacial score (nSPS) is 10.3. The molecule has 1 amide bonds. The van der Waals surface area contributed by atoms with E-state index in [1.54, 1.807) is 30.6 Å². The lowest BCUT2D eigenvalue weighted by molar-refractivity contribution is 0.0954. The van der Waals surface area contributed by atoms with Crippen LogP contribution in [0.5, 0.6) is 0 Å². The lowest BCUT2D eigenvalue weighted by atomic mass is 10.1. The lowest BCUT2D eigenvalue weighted by Gasteiger charge is -2.07. The van der Waals surface area contributed by atoms with Crippen LogP contribution in [0.25, 0.3) is 17.5 Å². The zero-order chi connectivity index (χ0) is 18.4. The molecule has 2 aromatic heterocycles. The molecule has 26 heavy (non-hydrogen) atoms. The molecule has 0 aliphatic rings. The summed E-state index contributed by atoms with van der Waals surface area (Å²) in [7, 11) is 0. The largest absolute Gasteiger partial charge is 0.352 e. The maximum Gasteiger partial charge on any atom is 0.251 e. The molecule has 0 aliphatic heterocycles. The van der Waals surface area contributed by atoms with Crippen LogP contribution < -0.4 is 5.32 Å². The van der Waals surface area contributed by atoms with Crippen molar-refractivity contribution in [2.45, 2.75) is 13.3 Å². The summed E-state index contributed by atoms with van der Waals surface area (Å²) in [5.74, 6) is -0.0738. The molecule has 1 aromatic carbocycles. The predicted octanol–water partition coefficient (Wildman–Crippen LogP) is 4.07. The standard InChI is InChI=1S/C22H21N3O/c1-3-17-4-6-19(7-5-17)22(26)25-13-10-18-9-12-24-21(15-18)20-14-16(2)8-11-23-20/h3-9,11-12,14-15H,1,10,13H2,2H3,(H,25,26). The Kier molecular flexibility index (Phi) is 5.54. The minimum absolute atomic E-state index is 0.0738. The van der Waals surface area contributed by atoms with Gasteiger partial charge in [0.25, 0.3) is 5.91 Å². The molecule has 130 valence electrons. The van der Waals surface area contributed by atoms with Gasteiger partial charge >= 0.3 is 0 Å². The molecule has 0 aliphatic carbocycles. The molecule has 0 bridgehead atoms. The molecule has 1 N–H and O–H groups in total. The summed E-state index contributed by atoms with van der Waals surface area (Å²) in [5.41, 5.74) is 5.61. The number of aromatic nitrogens is 2. The van der Waals surface area contributed by atoms with E-state index >= 15 is 0 Å². The number of amides is 1. The van der Waals surface area contributed by atoms with Crippen molar-refractivity contribution in [3.63, 3.8) is 0 Å². The molecular formula is C22H21N3O. The van der Waals surface area contributed by atoms with Crippen LogP contribution in [0.4, 0.5) is 0 Å². The third-order valence-corrected chi connectivity index (χ3v) is 4.11. The van der Waals surface area contributed by atoms with E-state index in [2.05, 4.69) is 21.9 Å². The van der Waals surface area contributed by atoms with Gasteiger partial charge in [0.2, 0.25) is 0 Å².